The van der Waals surface area contributed by atoms with Gasteiger partial charge < -0.3 is 5.11 Å². The number of nitriles is 1. The second kappa shape index (κ2) is 5.82. The SMILES string of the molecule is N#Cc1cc(S(=O)(=O)N2CCC[C@@H]2C(=O)O)ccc1C(F)(F)F. The number of rotatable bonds is 3. The first-order chi connectivity index (χ1) is 10.6. The average molecular weight is 348 g/mol. The topological polar surface area (TPSA) is 98.5 Å². The Kier molecular flexibility index (Phi) is 4.37. The Morgan fingerprint density at radius 3 is 2.57 bits per heavy atom. The molecule has 1 aromatic carbocycles. The van der Waals surface area contributed by atoms with Gasteiger partial charge in [0.2, 0.25) is 10.0 Å². The lowest BCUT2D eigenvalue weighted by atomic mass is 10.1. The van der Waals surface area contributed by atoms with Crippen molar-refractivity contribution in [2.75, 3.05) is 6.54 Å². The van der Waals surface area contributed by atoms with Gasteiger partial charge in [0.1, 0.15) is 6.04 Å². The minimum absolute atomic E-state index is 0.0395. The van der Waals surface area contributed by atoms with Crippen molar-refractivity contribution in [3.63, 3.8) is 0 Å². The van der Waals surface area contributed by atoms with Gasteiger partial charge >= 0.3 is 12.1 Å². The number of carboxylic acid groups (broad SMARTS) is 1. The van der Waals surface area contributed by atoms with E-state index in [-0.39, 0.29) is 13.0 Å². The lowest BCUT2D eigenvalue weighted by molar-refractivity contribution is -0.140. The fourth-order valence-corrected chi connectivity index (χ4v) is 4.11. The van der Waals surface area contributed by atoms with Gasteiger partial charge in [0.05, 0.1) is 22.1 Å². The second-order valence-electron chi connectivity index (χ2n) is 4.93. The van der Waals surface area contributed by atoms with Crippen molar-refractivity contribution in [3.05, 3.63) is 29.3 Å². The smallest absolute Gasteiger partial charge is 0.417 e. The van der Waals surface area contributed by atoms with E-state index < -0.39 is 44.2 Å². The fourth-order valence-electron chi connectivity index (χ4n) is 2.43. The number of carboxylic acids is 1. The van der Waals surface area contributed by atoms with Gasteiger partial charge in [0.25, 0.3) is 0 Å². The predicted octanol–water partition coefficient (Wildman–Crippen LogP) is 1.81. The zero-order valence-corrected chi connectivity index (χ0v) is 12.4. The number of aliphatic carboxylic acids is 1. The summed E-state index contributed by atoms with van der Waals surface area (Å²) in [7, 11) is -4.29. The maximum atomic E-state index is 12.7. The third-order valence-corrected chi connectivity index (χ3v) is 5.42. The van der Waals surface area contributed by atoms with E-state index in [0.29, 0.717) is 18.6 Å². The van der Waals surface area contributed by atoms with Gasteiger partial charge in [-0.1, -0.05) is 0 Å². The molecule has 2 rings (SSSR count). The van der Waals surface area contributed by atoms with Crippen LogP contribution in [0, 0.1) is 11.3 Å². The van der Waals surface area contributed by atoms with Crippen LogP contribution in [0.15, 0.2) is 23.1 Å². The van der Waals surface area contributed by atoms with Gasteiger partial charge in [-0.25, -0.2) is 8.42 Å². The fraction of sp³-hybridized carbons (Fsp3) is 0.385. The molecule has 1 fully saturated rings. The van der Waals surface area contributed by atoms with E-state index in [1.165, 1.54) is 6.07 Å². The molecule has 1 heterocycles. The molecule has 1 aromatic rings. The molecule has 1 N–H and O–H groups in total. The largest absolute Gasteiger partial charge is 0.480 e. The minimum Gasteiger partial charge on any atom is -0.480 e. The monoisotopic (exact) mass is 348 g/mol. The highest BCUT2D eigenvalue weighted by Crippen LogP contribution is 2.34. The summed E-state index contributed by atoms with van der Waals surface area (Å²) in [4.78, 5) is 10.6. The average Bonchev–Trinajstić information content (AvgIpc) is 2.96. The number of sulfonamides is 1. The minimum atomic E-state index is -4.79. The Hall–Kier alpha value is -2.12. The Morgan fingerprint density at radius 1 is 1.39 bits per heavy atom. The highest BCUT2D eigenvalue weighted by atomic mass is 32.2. The number of nitrogens with zero attached hydrogens (tertiary/aromatic N) is 2. The summed E-state index contributed by atoms with van der Waals surface area (Å²) in [5, 5.41) is 17.9. The first-order valence-corrected chi connectivity index (χ1v) is 7.89. The third kappa shape index (κ3) is 3.16. The second-order valence-corrected chi connectivity index (χ2v) is 6.82. The molecule has 0 aliphatic carbocycles. The molecule has 0 spiro atoms. The number of carbonyl (C=O) groups is 1. The first-order valence-electron chi connectivity index (χ1n) is 6.45. The van der Waals surface area contributed by atoms with E-state index in [0.717, 1.165) is 10.4 Å². The van der Waals surface area contributed by atoms with Crippen molar-refractivity contribution in [2.24, 2.45) is 0 Å². The molecule has 1 atom stereocenters. The van der Waals surface area contributed by atoms with Crippen LogP contribution >= 0.6 is 0 Å². The van der Waals surface area contributed by atoms with E-state index in [4.69, 9.17) is 10.4 Å². The summed E-state index contributed by atoms with van der Waals surface area (Å²) in [5.41, 5.74) is -2.07. The quantitative estimate of drug-likeness (QED) is 0.898. The van der Waals surface area contributed by atoms with Crippen LogP contribution in [-0.4, -0.2) is 36.4 Å². The maximum absolute atomic E-state index is 12.7. The summed E-state index contributed by atoms with van der Waals surface area (Å²) in [6.45, 7) is -0.0395. The van der Waals surface area contributed by atoms with Crippen LogP contribution < -0.4 is 0 Å². The molecule has 1 aliphatic heterocycles. The molecule has 0 amide bonds. The zero-order chi connectivity index (χ0) is 17.4. The van der Waals surface area contributed by atoms with Crippen molar-refractivity contribution in [2.45, 2.75) is 30.0 Å². The molecule has 23 heavy (non-hydrogen) atoms. The van der Waals surface area contributed by atoms with Crippen LogP contribution in [0.2, 0.25) is 0 Å². The van der Waals surface area contributed by atoms with Crippen LogP contribution in [0.1, 0.15) is 24.0 Å². The molecule has 1 saturated heterocycles. The van der Waals surface area contributed by atoms with E-state index in [9.17, 15) is 26.4 Å². The van der Waals surface area contributed by atoms with Gasteiger partial charge in [-0.2, -0.15) is 22.7 Å². The highest BCUT2D eigenvalue weighted by Gasteiger charge is 2.40. The molecule has 124 valence electrons. The number of hydrogen-bond acceptors (Lipinski definition) is 4. The van der Waals surface area contributed by atoms with Crippen LogP contribution in [-0.2, 0) is 21.0 Å². The maximum Gasteiger partial charge on any atom is 0.417 e. The van der Waals surface area contributed by atoms with E-state index in [1.807, 2.05) is 0 Å². The molecule has 1 aliphatic rings. The summed E-state index contributed by atoms with van der Waals surface area (Å²) in [6, 6.07) is 1.93. The Labute approximate surface area is 129 Å². The van der Waals surface area contributed by atoms with E-state index in [2.05, 4.69) is 0 Å². The number of halogens is 3. The zero-order valence-electron chi connectivity index (χ0n) is 11.5. The molecule has 0 aromatic heterocycles. The Balaban J connectivity index is 2.50. The van der Waals surface area contributed by atoms with Gasteiger partial charge in [0, 0.05) is 6.54 Å². The predicted molar refractivity (Wildman–Crippen MR) is 70.7 cm³/mol. The van der Waals surface area contributed by atoms with Crippen LogP contribution in [0.4, 0.5) is 13.2 Å². The van der Waals surface area contributed by atoms with Crippen LogP contribution in [0.5, 0.6) is 0 Å². The Morgan fingerprint density at radius 2 is 2.04 bits per heavy atom. The molecule has 0 unspecified atom stereocenters. The van der Waals surface area contributed by atoms with Crippen LogP contribution in [0.25, 0.3) is 0 Å². The van der Waals surface area contributed by atoms with Crippen molar-refractivity contribution >= 4 is 16.0 Å². The number of hydrogen-bond donors (Lipinski definition) is 1. The van der Waals surface area contributed by atoms with Gasteiger partial charge in [-0.05, 0) is 31.0 Å². The number of benzene rings is 1. The lowest BCUT2D eigenvalue weighted by Crippen LogP contribution is -2.40. The lowest BCUT2D eigenvalue weighted by Gasteiger charge is -2.21. The summed E-state index contributed by atoms with van der Waals surface area (Å²) in [5.74, 6) is -1.32. The van der Waals surface area contributed by atoms with E-state index in [1.54, 1.807) is 0 Å². The molecule has 6 nitrogen and oxygen atoms in total. The molecular formula is C13H11F3N2O4S. The van der Waals surface area contributed by atoms with Crippen molar-refractivity contribution in [1.29, 1.82) is 5.26 Å². The first kappa shape index (κ1) is 17.2. The van der Waals surface area contributed by atoms with Gasteiger partial charge in [0.15, 0.2) is 0 Å². The van der Waals surface area contributed by atoms with Gasteiger partial charge in [-0.3, -0.25) is 4.79 Å². The summed E-state index contributed by atoms with van der Waals surface area (Å²) >= 11 is 0. The molecule has 0 saturated carbocycles. The number of alkyl halides is 3. The van der Waals surface area contributed by atoms with Crippen LogP contribution in [0.3, 0.4) is 0 Å². The molecule has 0 radical (unpaired) electrons. The molecule has 0 bridgehead atoms. The van der Waals surface area contributed by atoms with Gasteiger partial charge in [-0.15, -0.1) is 0 Å². The third-order valence-electron chi connectivity index (χ3n) is 3.51. The standard InChI is InChI=1S/C13H11F3N2O4S/c14-13(15,16)10-4-3-9(6-8(10)7-17)23(21,22)18-5-1-2-11(18)12(19)20/h3-4,6,11H,1-2,5H2,(H,19,20)/t11-/m1/s1. The van der Waals surface area contributed by atoms with Crippen molar-refractivity contribution in [3.8, 4) is 6.07 Å². The highest BCUT2D eigenvalue weighted by molar-refractivity contribution is 7.89. The van der Waals surface area contributed by atoms with Crippen molar-refractivity contribution < 1.29 is 31.5 Å². The molecule has 10 heteroatoms. The normalized spacial score (nSPS) is 19.5. The van der Waals surface area contributed by atoms with Crippen molar-refractivity contribution in [1.82, 2.24) is 4.31 Å². The molecular weight excluding hydrogens is 337 g/mol. The van der Waals surface area contributed by atoms with E-state index >= 15 is 0 Å². The summed E-state index contributed by atoms with van der Waals surface area (Å²) in [6.07, 6.45) is -4.33. The Bertz CT molecular complexity index is 783. The summed E-state index contributed by atoms with van der Waals surface area (Å²) < 4.78 is 63.9.